The molecule has 0 amide bonds. The van der Waals surface area contributed by atoms with Crippen LogP contribution < -0.4 is 0 Å². The molecule has 0 aromatic heterocycles. The summed E-state index contributed by atoms with van der Waals surface area (Å²) in [5.41, 5.74) is 1.15. The van der Waals surface area contributed by atoms with Crippen LogP contribution >= 0.6 is 11.8 Å². The smallest absolute Gasteiger partial charge is 0.141 e. The van der Waals surface area contributed by atoms with Crippen molar-refractivity contribution < 1.29 is 4.79 Å². The predicted molar refractivity (Wildman–Crippen MR) is 60.6 cm³/mol. The van der Waals surface area contributed by atoms with E-state index in [1.54, 1.807) is 0 Å². The molecule has 1 aromatic rings. The van der Waals surface area contributed by atoms with E-state index in [0.29, 0.717) is 18.1 Å². The minimum Gasteiger partial charge on any atom is -0.299 e. The Morgan fingerprint density at radius 3 is 2.79 bits per heavy atom. The minimum atomic E-state index is 0.320. The van der Waals surface area contributed by atoms with Crippen LogP contribution in [0.3, 0.4) is 0 Å². The van der Waals surface area contributed by atoms with E-state index in [4.69, 9.17) is 0 Å². The van der Waals surface area contributed by atoms with E-state index in [9.17, 15) is 4.79 Å². The third-order valence-electron chi connectivity index (χ3n) is 2.61. The van der Waals surface area contributed by atoms with Crippen LogP contribution in [0.25, 0.3) is 0 Å². The second-order valence-electron chi connectivity index (χ2n) is 3.69. The van der Waals surface area contributed by atoms with E-state index in [1.807, 2.05) is 42.1 Å². The highest BCUT2D eigenvalue weighted by atomic mass is 32.2. The van der Waals surface area contributed by atoms with Gasteiger partial charge in [0.1, 0.15) is 5.78 Å². The van der Waals surface area contributed by atoms with Gasteiger partial charge in [-0.3, -0.25) is 4.79 Å². The Balaban J connectivity index is 1.94. The molecular weight excluding hydrogens is 192 g/mol. The molecule has 0 bridgehead atoms. The summed E-state index contributed by atoms with van der Waals surface area (Å²) in [6.07, 6.45) is 1.70. The lowest BCUT2D eigenvalue weighted by atomic mass is 9.97. The maximum atomic E-state index is 11.8. The number of hydrogen-bond acceptors (Lipinski definition) is 2. The Labute approximate surface area is 88.9 Å². The molecule has 1 nitrogen and oxygen atoms in total. The molecule has 1 aromatic carbocycles. The number of benzene rings is 1. The molecule has 1 unspecified atom stereocenters. The molecule has 1 fully saturated rings. The molecule has 74 valence electrons. The summed E-state index contributed by atoms with van der Waals surface area (Å²) in [6.45, 7) is 0. The van der Waals surface area contributed by atoms with Gasteiger partial charge in [-0.15, -0.1) is 0 Å². The van der Waals surface area contributed by atoms with Crippen LogP contribution in [0.2, 0.25) is 0 Å². The molecule has 1 aliphatic heterocycles. The molecule has 2 heteroatoms. The van der Waals surface area contributed by atoms with Crippen molar-refractivity contribution in [3.05, 3.63) is 35.9 Å². The molecule has 0 N–H and O–H groups in total. The first-order chi connectivity index (χ1) is 6.86. The molecular formula is C12H14OS. The maximum Gasteiger partial charge on any atom is 0.141 e. The van der Waals surface area contributed by atoms with Gasteiger partial charge in [-0.2, -0.15) is 11.8 Å². The fraction of sp³-hybridized carbons (Fsp3) is 0.417. The van der Waals surface area contributed by atoms with Crippen LogP contribution in [-0.4, -0.2) is 17.3 Å². The van der Waals surface area contributed by atoms with Crippen molar-refractivity contribution in [1.29, 1.82) is 0 Å². The lowest BCUT2D eigenvalue weighted by molar-refractivity contribution is -0.121. The number of rotatable bonds is 3. The van der Waals surface area contributed by atoms with Gasteiger partial charge >= 0.3 is 0 Å². The van der Waals surface area contributed by atoms with Gasteiger partial charge in [0.15, 0.2) is 0 Å². The zero-order valence-electron chi connectivity index (χ0n) is 8.11. The molecule has 2 rings (SSSR count). The Morgan fingerprint density at radius 1 is 1.36 bits per heavy atom. The molecule has 1 saturated heterocycles. The van der Waals surface area contributed by atoms with Gasteiger partial charge in [0.05, 0.1) is 0 Å². The van der Waals surface area contributed by atoms with Crippen LogP contribution in [0.5, 0.6) is 0 Å². The fourth-order valence-electron chi connectivity index (χ4n) is 1.73. The lowest BCUT2D eigenvalue weighted by Gasteiger charge is -2.06. The zero-order valence-corrected chi connectivity index (χ0v) is 8.93. The van der Waals surface area contributed by atoms with Gasteiger partial charge in [0, 0.05) is 18.1 Å². The van der Waals surface area contributed by atoms with Gasteiger partial charge in [-0.25, -0.2) is 0 Å². The SMILES string of the molecule is O=C(Cc1ccccc1)C1CCSC1. The van der Waals surface area contributed by atoms with Crippen molar-refractivity contribution in [2.45, 2.75) is 12.8 Å². The maximum absolute atomic E-state index is 11.8. The second kappa shape index (κ2) is 4.65. The van der Waals surface area contributed by atoms with Crippen LogP contribution in [0.15, 0.2) is 30.3 Å². The highest BCUT2D eigenvalue weighted by Crippen LogP contribution is 2.25. The molecule has 1 atom stereocenters. The summed E-state index contributed by atoms with van der Waals surface area (Å²) in [4.78, 5) is 11.8. The van der Waals surface area contributed by atoms with Gasteiger partial charge in [0.2, 0.25) is 0 Å². The topological polar surface area (TPSA) is 17.1 Å². The van der Waals surface area contributed by atoms with Gasteiger partial charge in [-0.05, 0) is 17.7 Å². The monoisotopic (exact) mass is 206 g/mol. The van der Waals surface area contributed by atoms with E-state index >= 15 is 0 Å². The third kappa shape index (κ3) is 2.38. The lowest BCUT2D eigenvalue weighted by Crippen LogP contribution is -2.15. The number of carbonyl (C=O) groups excluding carboxylic acids is 1. The summed E-state index contributed by atoms with van der Waals surface area (Å²) in [6, 6.07) is 10.0. The van der Waals surface area contributed by atoms with Crippen LogP contribution in [0, 0.1) is 5.92 Å². The summed E-state index contributed by atoms with van der Waals surface area (Å²) in [5.74, 6) is 2.93. The average molecular weight is 206 g/mol. The Morgan fingerprint density at radius 2 is 2.14 bits per heavy atom. The van der Waals surface area contributed by atoms with Crippen molar-refractivity contribution in [3.63, 3.8) is 0 Å². The first-order valence-corrected chi connectivity index (χ1v) is 6.16. The van der Waals surface area contributed by atoms with Crippen molar-refractivity contribution in [2.24, 2.45) is 5.92 Å². The summed E-state index contributed by atoms with van der Waals surface area (Å²) in [7, 11) is 0. The molecule has 0 saturated carbocycles. The fourth-order valence-corrected chi connectivity index (χ4v) is 2.98. The summed E-state index contributed by atoms with van der Waals surface area (Å²) < 4.78 is 0. The molecule has 0 radical (unpaired) electrons. The number of Topliss-reactive ketones (excluding diaryl/α,β-unsaturated/α-hetero) is 1. The zero-order chi connectivity index (χ0) is 9.80. The minimum absolute atomic E-state index is 0.320. The van der Waals surface area contributed by atoms with E-state index < -0.39 is 0 Å². The van der Waals surface area contributed by atoms with Crippen LogP contribution in [0.4, 0.5) is 0 Å². The normalized spacial score (nSPS) is 21.0. The average Bonchev–Trinajstić information content (AvgIpc) is 2.72. The largest absolute Gasteiger partial charge is 0.299 e. The van der Waals surface area contributed by atoms with Gasteiger partial charge in [0.25, 0.3) is 0 Å². The standard InChI is InChI=1S/C12H14OS/c13-12(11-6-7-14-9-11)8-10-4-2-1-3-5-10/h1-5,11H,6-9H2. The number of carbonyl (C=O) groups is 1. The first-order valence-electron chi connectivity index (χ1n) is 5.00. The Bertz CT molecular complexity index is 301. The van der Waals surface area contributed by atoms with Crippen molar-refractivity contribution in [3.8, 4) is 0 Å². The van der Waals surface area contributed by atoms with Crippen molar-refractivity contribution >= 4 is 17.5 Å². The van der Waals surface area contributed by atoms with Gasteiger partial charge in [-0.1, -0.05) is 30.3 Å². The van der Waals surface area contributed by atoms with E-state index in [-0.39, 0.29) is 0 Å². The van der Waals surface area contributed by atoms with E-state index in [2.05, 4.69) is 0 Å². The molecule has 0 aliphatic carbocycles. The molecule has 0 spiro atoms. The van der Waals surface area contributed by atoms with Crippen LogP contribution in [0.1, 0.15) is 12.0 Å². The molecule has 1 aliphatic rings. The van der Waals surface area contributed by atoms with Crippen molar-refractivity contribution in [2.75, 3.05) is 11.5 Å². The predicted octanol–water partition coefficient (Wildman–Crippen LogP) is 2.55. The third-order valence-corrected chi connectivity index (χ3v) is 3.77. The first kappa shape index (κ1) is 9.78. The number of thioether (sulfide) groups is 1. The Kier molecular flexibility index (Phi) is 3.25. The quantitative estimate of drug-likeness (QED) is 0.756. The summed E-state index contributed by atoms with van der Waals surface area (Å²) >= 11 is 1.90. The number of hydrogen-bond donors (Lipinski definition) is 0. The van der Waals surface area contributed by atoms with E-state index in [1.165, 1.54) is 0 Å². The van der Waals surface area contributed by atoms with E-state index in [0.717, 1.165) is 23.5 Å². The van der Waals surface area contributed by atoms with Gasteiger partial charge < -0.3 is 0 Å². The van der Waals surface area contributed by atoms with Crippen LogP contribution in [-0.2, 0) is 11.2 Å². The highest BCUT2D eigenvalue weighted by molar-refractivity contribution is 7.99. The molecule has 14 heavy (non-hydrogen) atoms. The Hall–Kier alpha value is -0.760. The number of ketones is 1. The molecule has 1 heterocycles. The highest BCUT2D eigenvalue weighted by Gasteiger charge is 2.22. The van der Waals surface area contributed by atoms with Crippen molar-refractivity contribution in [1.82, 2.24) is 0 Å². The second-order valence-corrected chi connectivity index (χ2v) is 4.84. The summed E-state index contributed by atoms with van der Waals surface area (Å²) in [5, 5.41) is 0.